The van der Waals surface area contributed by atoms with Gasteiger partial charge in [-0.25, -0.2) is 8.42 Å². The number of halogens is 1. The lowest BCUT2D eigenvalue weighted by Gasteiger charge is -2.43. The molecule has 1 aliphatic heterocycles. The molecule has 0 spiro atoms. The molecule has 4 nitrogen and oxygen atoms in total. The summed E-state index contributed by atoms with van der Waals surface area (Å²) in [5, 5.41) is 0.412. The van der Waals surface area contributed by atoms with E-state index in [9.17, 15) is 13.2 Å². The highest BCUT2D eigenvalue weighted by molar-refractivity contribution is 7.93. The van der Waals surface area contributed by atoms with Gasteiger partial charge in [-0.1, -0.05) is 29.3 Å². The minimum absolute atomic E-state index is 0.103. The molecule has 0 N–H and O–H groups in total. The van der Waals surface area contributed by atoms with Crippen molar-refractivity contribution < 1.29 is 13.2 Å². The van der Waals surface area contributed by atoms with Crippen molar-refractivity contribution in [3.8, 4) is 0 Å². The number of ketones is 1. The smallest absolute Gasteiger partial charge is 0.264 e. The molecule has 1 heterocycles. The molecule has 0 aliphatic carbocycles. The summed E-state index contributed by atoms with van der Waals surface area (Å²) in [4.78, 5) is 12.6. The summed E-state index contributed by atoms with van der Waals surface area (Å²) in [6.07, 6.45) is 0.103. The van der Waals surface area contributed by atoms with Crippen molar-refractivity contribution in [3.63, 3.8) is 0 Å². The Labute approximate surface area is 147 Å². The largest absolute Gasteiger partial charge is 0.294 e. The molecule has 0 unspecified atom stereocenters. The number of Topliss-reactive ketones (excluding diaryl/α,β-unsaturated/α-hetero) is 1. The Hall–Kier alpha value is -1.85. The van der Waals surface area contributed by atoms with Crippen LogP contribution in [0, 0.1) is 6.92 Å². The second-order valence-corrected chi connectivity index (χ2v) is 8.88. The van der Waals surface area contributed by atoms with Crippen LogP contribution < -0.4 is 4.31 Å². The van der Waals surface area contributed by atoms with Crippen LogP contribution in [0.25, 0.3) is 0 Å². The van der Waals surface area contributed by atoms with E-state index in [2.05, 4.69) is 0 Å². The zero-order valence-corrected chi connectivity index (χ0v) is 15.3. The molecule has 0 atom stereocenters. The average molecular weight is 364 g/mol. The second-order valence-electron chi connectivity index (χ2n) is 6.66. The first kappa shape index (κ1) is 17.0. The third-order valence-corrected chi connectivity index (χ3v) is 6.45. The van der Waals surface area contributed by atoms with Crippen LogP contribution in [-0.2, 0) is 10.0 Å². The lowest BCUT2D eigenvalue weighted by atomic mass is 9.88. The second kappa shape index (κ2) is 5.60. The lowest BCUT2D eigenvalue weighted by Crippen LogP contribution is -2.52. The van der Waals surface area contributed by atoms with E-state index in [4.69, 9.17) is 11.6 Å². The highest BCUT2D eigenvalue weighted by Crippen LogP contribution is 2.41. The Balaban J connectivity index is 2.23. The van der Waals surface area contributed by atoms with Crippen LogP contribution in [-0.4, -0.2) is 19.7 Å². The predicted molar refractivity (Wildman–Crippen MR) is 95.3 cm³/mol. The van der Waals surface area contributed by atoms with Gasteiger partial charge in [-0.05, 0) is 51.1 Å². The molecule has 0 saturated heterocycles. The Kier molecular flexibility index (Phi) is 3.97. The number of carbonyl (C=O) groups excluding carboxylic acids is 1. The summed E-state index contributed by atoms with van der Waals surface area (Å²) in [6.45, 7) is 5.42. The molecular formula is C18H18ClNO3S. The van der Waals surface area contributed by atoms with Crippen molar-refractivity contribution in [1.82, 2.24) is 0 Å². The number of hydrogen-bond acceptors (Lipinski definition) is 3. The minimum atomic E-state index is -3.80. The van der Waals surface area contributed by atoms with E-state index in [-0.39, 0.29) is 17.1 Å². The maximum atomic E-state index is 13.3. The molecule has 0 fully saturated rings. The summed E-state index contributed by atoms with van der Waals surface area (Å²) in [6, 6.07) is 11.4. The van der Waals surface area contributed by atoms with Gasteiger partial charge in [-0.2, -0.15) is 0 Å². The van der Waals surface area contributed by atoms with Crippen LogP contribution in [0.5, 0.6) is 0 Å². The maximum absolute atomic E-state index is 13.3. The van der Waals surface area contributed by atoms with Gasteiger partial charge in [-0.3, -0.25) is 9.10 Å². The van der Waals surface area contributed by atoms with Crippen LogP contribution in [0.2, 0.25) is 5.02 Å². The van der Waals surface area contributed by atoms with Crippen molar-refractivity contribution >= 4 is 33.1 Å². The molecule has 126 valence electrons. The molecule has 6 heteroatoms. The zero-order valence-electron chi connectivity index (χ0n) is 13.7. The van der Waals surface area contributed by atoms with Gasteiger partial charge in [0.15, 0.2) is 5.78 Å². The quantitative estimate of drug-likeness (QED) is 0.803. The number of rotatable bonds is 2. The van der Waals surface area contributed by atoms with Crippen LogP contribution in [0.15, 0.2) is 47.4 Å². The third kappa shape index (κ3) is 2.72. The summed E-state index contributed by atoms with van der Waals surface area (Å²) in [5.41, 5.74) is 0.842. The number of hydrogen-bond donors (Lipinski definition) is 0. The van der Waals surface area contributed by atoms with E-state index < -0.39 is 15.6 Å². The molecule has 2 aromatic carbocycles. The topological polar surface area (TPSA) is 54.5 Å². The molecule has 24 heavy (non-hydrogen) atoms. The van der Waals surface area contributed by atoms with Crippen LogP contribution >= 0.6 is 11.6 Å². The van der Waals surface area contributed by atoms with Gasteiger partial charge in [-0.15, -0.1) is 0 Å². The van der Waals surface area contributed by atoms with E-state index >= 15 is 0 Å². The van der Waals surface area contributed by atoms with Crippen molar-refractivity contribution in [2.75, 3.05) is 4.31 Å². The van der Waals surface area contributed by atoms with Gasteiger partial charge in [0.05, 0.1) is 16.1 Å². The van der Waals surface area contributed by atoms with Gasteiger partial charge in [0, 0.05) is 17.0 Å². The van der Waals surface area contributed by atoms with Crippen molar-refractivity contribution in [2.24, 2.45) is 0 Å². The Bertz CT molecular complexity index is 918. The Morgan fingerprint density at radius 2 is 1.71 bits per heavy atom. The van der Waals surface area contributed by atoms with Crippen molar-refractivity contribution in [2.45, 2.75) is 37.6 Å². The molecular weight excluding hydrogens is 346 g/mol. The molecule has 1 aliphatic rings. The molecule has 0 saturated carbocycles. The molecule has 0 amide bonds. The highest BCUT2D eigenvalue weighted by Gasteiger charge is 2.44. The standard InChI is InChI=1S/C18H18ClNO3S/c1-12-4-7-14(8-5-12)24(22,23)20-16-9-6-13(19)10-15(16)17(21)11-18(20,2)3/h4-10H,11H2,1-3H3. The summed E-state index contributed by atoms with van der Waals surface area (Å²) < 4.78 is 27.8. The van der Waals surface area contributed by atoms with Crippen LogP contribution in [0.1, 0.15) is 36.2 Å². The van der Waals surface area contributed by atoms with E-state index in [1.807, 2.05) is 6.92 Å². The number of fused-ring (bicyclic) bond motifs is 1. The fourth-order valence-electron chi connectivity index (χ4n) is 3.07. The molecule has 0 aromatic heterocycles. The predicted octanol–water partition coefficient (Wildman–Crippen LogP) is 4.21. The number of benzene rings is 2. The first-order valence-corrected chi connectivity index (χ1v) is 9.39. The van der Waals surface area contributed by atoms with E-state index in [0.29, 0.717) is 16.3 Å². The maximum Gasteiger partial charge on any atom is 0.264 e. The third-order valence-electron chi connectivity index (χ3n) is 4.18. The summed E-state index contributed by atoms with van der Waals surface area (Å²) in [5.74, 6) is -0.104. The first-order chi connectivity index (χ1) is 11.1. The average Bonchev–Trinajstić information content (AvgIpc) is 2.47. The lowest BCUT2D eigenvalue weighted by molar-refractivity contribution is 0.0953. The van der Waals surface area contributed by atoms with Gasteiger partial charge in [0.25, 0.3) is 10.0 Å². The van der Waals surface area contributed by atoms with Gasteiger partial charge >= 0.3 is 0 Å². The SMILES string of the molecule is Cc1ccc(S(=O)(=O)N2c3ccc(Cl)cc3C(=O)CC2(C)C)cc1. The van der Waals surface area contributed by atoms with E-state index in [1.165, 1.54) is 10.4 Å². The van der Waals surface area contributed by atoms with E-state index in [1.54, 1.807) is 50.2 Å². The van der Waals surface area contributed by atoms with Crippen molar-refractivity contribution in [3.05, 3.63) is 58.6 Å². The summed E-state index contributed by atoms with van der Waals surface area (Å²) in [7, 11) is -3.80. The molecule has 3 rings (SSSR count). The fourth-order valence-corrected chi connectivity index (χ4v) is 5.06. The number of sulfonamides is 1. The Morgan fingerprint density at radius 3 is 2.33 bits per heavy atom. The van der Waals surface area contributed by atoms with Crippen LogP contribution in [0.3, 0.4) is 0 Å². The normalized spacial score (nSPS) is 16.8. The molecule has 2 aromatic rings. The van der Waals surface area contributed by atoms with Crippen LogP contribution in [0.4, 0.5) is 5.69 Å². The number of nitrogens with zero attached hydrogens (tertiary/aromatic N) is 1. The number of anilines is 1. The van der Waals surface area contributed by atoms with Gasteiger partial charge < -0.3 is 0 Å². The summed E-state index contributed by atoms with van der Waals surface area (Å²) >= 11 is 5.99. The number of aryl methyl sites for hydroxylation is 1. The highest BCUT2D eigenvalue weighted by atomic mass is 35.5. The molecule has 0 bridgehead atoms. The first-order valence-electron chi connectivity index (χ1n) is 7.58. The number of carbonyl (C=O) groups is 1. The van der Waals surface area contributed by atoms with Gasteiger partial charge in [0.1, 0.15) is 0 Å². The monoisotopic (exact) mass is 363 g/mol. The Morgan fingerprint density at radius 1 is 1.08 bits per heavy atom. The fraction of sp³-hybridized carbons (Fsp3) is 0.278. The van der Waals surface area contributed by atoms with Gasteiger partial charge in [0.2, 0.25) is 0 Å². The molecule has 0 radical (unpaired) electrons. The minimum Gasteiger partial charge on any atom is -0.294 e. The van der Waals surface area contributed by atoms with E-state index in [0.717, 1.165) is 5.56 Å². The van der Waals surface area contributed by atoms with Crippen molar-refractivity contribution in [1.29, 1.82) is 0 Å². The zero-order chi connectivity index (χ0) is 17.7.